The molecule has 5 heteroatoms. The Morgan fingerprint density at radius 2 is 1.83 bits per heavy atom. The third-order valence-electron chi connectivity index (χ3n) is 5.61. The van der Waals surface area contributed by atoms with E-state index in [4.69, 9.17) is 23.2 Å². The van der Waals surface area contributed by atoms with Crippen molar-refractivity contribution in [3.8, 4) is 11.3 Å². The van der Waals surface area contributed by atoms with E-state index in [1.165, 1.54) is 5.82 Å². The molecule has 4 aromatic rings. The highest BCUT2D eigenvalue weighted by molar-refractivity contribution is 6.42. The number of carbonyl (C=O) groups excluding carboxylic acids is 1. The van der Waals surface area contributed by atoms with Crippen LogP contribution in [0.3, 0.4) is 0 Å². The number of benzene rings is 3. The summed E-state index contributed by atoms with van der Waals surface area (Å²) in [7, 11) is 0. The lowest BCUT2D eigenvalue weighted by Gasteiger charge is -2.05. The third kappa shape index (κ3) is 3.25. The number of fused-ring (bicyclic) bond motifs is 2. The molecule has 1 aromatic heterocycles. The Morgan fingerprint density at radius 1 is 1.00 bits per heavy atom. The molecule has 0 unspecified atom stereocenters. The summed E-state index contributed by atoms with van der Waals surface area (Å²) < 4.78 is 4.38. The van der Waals surface area contributed by atoms with Gasteiger partial charge in [0.2, 0.25) is 5.78 Å². The number of hydrogen-bond acceptors (Lipinski definition) is 1. The highest BCUT2D eigenvalue weighted by Crippen LogP contribution is 2.30. The van der Waals surface area contributed by atoms with E-state index >= 15 is 0 Å². The van der Waals surface area contributed by atoms with Gasteiger partial charge in [0.15, 0.2) is 12.2 Å². The molecule has 2 heterocycles. The molecule has 0 fully saturated rings. The first-order valence-corrected chi connectivity index (χ1v) is 10.5. The molecular weight excluding hydrogens is 403 g/mol. The predicted molar refractivity (Wildman–Crippen MR) is 117 cm³/mol. The average Bonchev–Trinajstić information content (AvgIpc) is 3.33. The van der Waals surface area contributed by atoms with Crippen molar-refractivity contribution in [1.29, 1.82) is 0 Å². The lowest BCUT2D eigenvalue weighted by atomic mass is 10.0. The maximum atomic E-state index is 13.2. The molecular formula is C24H19Cl2N2O+. The monoisotopic (exact) mass is 421 g/mol. The summed E-state index contributed by atoms with van der Waals surface area (Å²) in [5.74, 6) is 1.30. The van der Waals surface area contributed by atoms with Crippen molar-refractivity contribution in [2.24, 2.45) is 0 Å². The van der Waals surface area contributed by atoms with Crippen molar-refractivity contribution in [3.05, 3.63) is 88.3 Å². The maximum Gasteiger partial charge on any atom is 0.257 e. The lowest BCUT2D eigenvalue weighted by molar-refractivity contribution is -0.689. The summed E-state index contributed by atoms with van der Waals surface area (Å²) in [6.45, 7) is 1.27. The van der Waals surface area contributed by atoms with Crippen molar-refractivity contribution in [3.63, 3.8) is 0 Å². The van der Waals surface area contributed by atoms with Gasteiger partial charge in [0.05, 0.1) is 23.0 Å². The Hall–Kier alpha value is -2.62. The molecule has 0 spiro atoms. The largest absolute Gasteiger partial charge is 0.290 e. The van der Waals surface area contributed by atoms with Crippen molar-refractivity contribution in [2.45, 2.75) is 25.9 Å². The van der Waals surface area contributed by atoms with Gasteiger partial charge in [-0.25, -0.2) is 9.13 Å². The van der Waals surface area contributed by atoms with Crippen molar-refractivity contribution >= 4 is 39.8 Å². The molecule has 144 valence electrons. The Labute approximate surface area is 179 Å². The fourth-order valence-electron chi connectivity index (χ4n) is 4.24. The zero-order valence-corrected chi connectivity index (χ0v) is 17.2. The van der Waals surface area contributed by atoms with E-state index in [9.17, 15) is 4.79 Å². The standard InChI is InChI=1S/C24H19Cl2N2O/c25-20-11-10-17(13-21(20)26)22-14-27(24-9-4-12-28(22)24)15-23(29)19-8-3-6-16-5-1-2-7-18(16)19/h1-3,5-8,10-11,13-14H,4,9,12,15H2/q+1. The van der Waals surface area contributed by atoms with E-state index in [0.717, 1.165) is 47.0 Å². The van der Waals surface area contributed by atoms with Crippen LogP contribution in [0.4, 0.5) is 0 Å². The molecule has 0 bridgehead atoms. The number of halogens is 2. The van der Waals surface area contributed by atoms with Gasteiger partial charge in [0.1, 0.15) is 6.20 Å². The fraction of sp³-hybridized carbons (Fsp3) is 0.167. The summed E-state index contributed by atoms with van der Waals surface area (Å²) in [4.78, 5) is 13.2. The van der Waals surface area contributed by atoms with Crippen LogP contribution in [-0.4, -0.2) is 10.4 Å². The molecule has 1 aliphatic rings. The Kier molecular flexibility index (Phi) is 4.65. The van der Waals surface area contributed by atoms with Crippen LogP contribution in [0.1, 0.15) is 22.6 Å². The zero-order chi connectivity index (χ0) is 20.0. The van der Waals surface area contributed by atoms with Gasteiger partial charge in [-0.2, -0.15) is 0 Å². The minimum Gasteiger partial charge on any atom is -0.290 e. The van der Waals surface area contributed by atoms with Crippen molar-refractivity contribution < 1.29 is 9.36 Å². The van der Waals surface area contributed by atoms with E-state index in [1.807, 2.05) is 60.7 Å². The fourth-order valence-corrected chi connectivity index (χ4v) is 4.54. The first-order chi connectivity index (χ1) is 14.1. The van der Waals surface area contributed by atoms with Crippen LogP contribution < -0.4 is 4.57 Å². The number of nitrogens with zero attached hydrogens (tertiary/aromatic N) is 2. The molecule has 0 radical (unpaired) electrons. The predicted octanol–water partition coefficient (Wildman–Crippen LogP) is 5.73. The van der Waals surface area contributed by atoms with E-state index in [0.29, 0.717) is 16.6 Å². The third-order valence-corrected chi connectivity index (χ3v) is 6.35. The Balaban J connectivity index is 1.54. The van der Waals surface area contributed by atoms with E-state index in [1.54, 1.807) is 0 Å². The van der Waals surface area contributed by atoms with Crippen molar-refractivity contribution in [2.75, 3.05) is 0 Å². The van der Waals surface area contributed by atoms with Gasteiger partial charge in [-0.1, -0.05) is 65.7 Å². The molecule has 0 saturated heterocycles. The smallest absolute Gasteiger partial charge is 0.257 e. The van der Waals surface area contributed by atoms with E-state index in [2.05, 4.69) is 15.3 Å². The van der Waals surface area contributed by atoms with Gasteiger partial charge >= 0.3 is 0 Å². The zero-order valence-electron chi connectivity index (χ0n) is 15.7. The van der Waals surface area contributed by atoms with Crippen LogP contribution in [0.25, 0.3) is 22.0 Å². The van der Waals surface area contributed by atoms with Gasteiger partial charge in [-0.15, -0.1) is 0 Å². The number of aromatic nitrogens is 2. The molecule has 29 heavy (non-hydrogen) atoms. The molecule has 3 nitrogen and oxygen atoms in total. The van der Waals surface area contributed by atoms with Gasteiger partial charge in [-0.3, -0.25) is 4.79 Å². The number of carbonyl (C=O) groups is 1. The molecule has 0 aliphatic carbocycles. The Morgan fingerprint density at radius 3 is 2.69 bits per heavy atom. The summed E-state index contributed by atoms with van der Waals surface area (Å²) in [5.41, 5.74) is 2.85. The molecule has 5 rings (SSSR count). The summed E-state index contributed by atoms with van der Waals surface area (Å²) in [5, 5.41) is 3.17. The number of ketones is 1. The van der Waals surface area contributed by atoms with Gasteiger partial charge in [0, 0.05) is 11.1 Å². The summed E-state index contributed by atoms with van der Waals surface area (Å²) in [6.07, 6.45) is 4.11. The van der Waals surface area contributed by atoms with E-state index in [-0.39, 0.29) is 5.78 Å². The number of Topliss-reactive ketones (excluding diaryl/α,β-unsaturated/α-hetero) is 1. The first kappa shape index (κ1) is 18.4. The maximum absolute atomic E-state index is 13.2. The number of rotatable bonds is 4. The molecule has 0 saturated carbocycles. The molecule has 0 atom stereocenters. The number of hydrogen-bond donors (Lipinski definition) is 0. The lowest BCUT2D eigenvalue weighted by Crippen LogP contribution is -2.40. The molecule has 0 amide bonds. The van der Waals surface area contributed by atoms with Gasteiger partial charge in [0.25, 0.3) is 5.82 Å². The molecule has 0 N–H and O–H groups in total. The van der Waals surface area contributed by atoms with Crippen LogP contribution in [0, 0.1) is 0 Å². The van der Waals surface area contributed by atoms with Crippen LogP contribution in [0.2, 0.25) is 10.0 Å². The normalized spacial score (nSPS) is 13.0. The molecule has 3 aromatic carbocycles. The number of imidazole rings is 1. The molecule has 1 aliphatic heterocycles. The van der Waals surface area contributed by atoms with Crippen LogP contribution in [0.15, 0.2) is 66.9 Å². The van der Waals surface area contributed by atoms with Crippen molar-refractivity contribution in [1.82, 2.24) is 4.57 Å². The first-order valence-electron chi connectivity index (χ1n) is 9.70. The van der Waals surface area contributed by atoms with Crippen LogP contribution in [0.5, 0.6) is 0 Å². The van der Waals surface area contributed by atoms with Gasteiger partial charge in [-0.05, 0) is 35.4 Å². The highest BCUT2D eigenvalue weighted by Gasteiger charge is 2.30. The van der Waals surface area contributed by atoms with E-state index < -0.39 is 0 Å². The Bertz CT molecular complexity index is 1250. The van der Waals surface area contributed by atoms with Crippen LogP contribution in [-0.2, 0) is 19.5 Å². The minimum atomic E-state index is 0.118. The topological polar surface area (TPSA) is 25.9 Å². The second-order valence-corrected chi connectivity index (χ2v) is 8.21. The minimum absolute atomic E-state index is 0.118. The van der Waals surface area contributed by atoms with Gasteiger partial charge < -0.3 is 0 Å². The summed E-state index contributed by atoms with van der Waals surface area (Å²) in [6, 6.07) is 19.6. The quantitative estimate of drug-likeness (QED) is 0.305. The second kappa shape index (κ2) is 7.33. The average molecular weight is 422 g/mol. The van der Waals surface area contributed by atoms with Crippen LogP contribution >= 0.6 is 23.2 Å². The highest BCUT2D eigenvalue weighted by atomic mass is 35.5. The SMILES string of the molecule is O=C(C[n+]1cc(-c2ccc(Cl)c(Cl)c2)n2c1CCC2)c1cccc2ccccc12. The summed E-state index contributed by atoms with van der Waals surface area (Å²) >= 11 is 12.3. The second-order valence-electron chi connectivity index (χ2n) is 7.39.